The van der Waals surface area contributed by atoms with Gasteiger partial charge in [0.15, 0.2) is 0 Å². The Hall–Kier alpha value is -0.250. The van der Waals surface area contributed by atoms with Gasteiger partial charge >= 0.3 is 0 Å². The average molecular weight is 333 g/mol. The molecule has 1 saturated carbocycles. The molecule has 1 aliphatic rings. The van der Waals surface area contributed by atoms with Crippen LogP contribution in [0.15, 0.2) is 22.7 Å². The van der Waals surface area contributed by atoms with Crippen molar-refractivity contribution in [2.24, 2.45) is 11.7 Å². The summed E-state index contributed by atoms with van der Waals surface area (Å²) >= 11 is 9.43. The van der Waals surface area contributed by atoms with E-state index in [1.54, 1.807) is 0 Å². The molecule has 0 bridgehead atoms. The molecule has 1 aromatic rings. The fourth-order valence-electron chi connectivity index (χ4n) is 2.51. The maximum absolute atomic E-state index is 6.14. The van der Waals surface area contributed by atoms with Crippen molar-refractivity contribution in [2.45, 2.75) is 38.2 Å². The molecule has 2 nitrogen and oxygen atoms in total. The van der Waals surface area contributed by atoms with Crippen LogP contribution in [0.25, 0.3) is 0 Å². The lowest BCUT2D eigenvalue weighted by Crippen LogP contribution is -2.31. The fourth-order valence-corrected chi connectivity index (χ4v) is 3.29. The molecule has 2 N–H and O–H groups in total. The van der Waals surface area contributed by atoms with Gasteiger partial charge in [-0.05, 0) is 59.9 Å². The van der Waals surface area contributed by atoms with Crippen molar-refractivity contribution in [3.05, 3.63) is 27.7 Å². The highest BCUT2D eigenvalue weighted by molar-refractivity contribution is 9.10. The Labute approximate surface area is 122 Å². The van der Waals surface area contributed by atoms with Crippen LogP contribution in [-0.4, -0.2) is 12.6 Å². The second-order valence-corrected chi connectivity index (χ2v) is 6.16. The van der Waals surface area contributed by atoms with E-state index < -0.39 is 0 Å². The van der Waals surface area contributed by atoms with E-state index >= 15 is 0 Å². The number of hydrogen-bond acceptors (Lipinski definition) is 2. The standard InChI is InChI=1S/C14H19BrClNO/c15-12-8-11(16)6-7-14(12)18-13-5-3-1-2-4-10(13)9-17/h6-8,10,13H,1-5,9,17H2. The molecule has 2 rings (SSSR count). The summed E-state index contributed by atoms with van der Waals surface area (Å²) in [5, 5.41) is 0.713. The molecule has 1 aromatic carbocycles. The molecule has 100 valence electrons. The summed E-state index contributed by atoms with van der Waals surface area (Å²) in [5.74, 6) is 1.33. The first-order valence-corrected chi connectivity index (χ1v) is 7.69. The first kappa shape index (κ1) is 14.2. The minimum Gasteiger partial charge on any atom is -0.489 e. The number of ether oxygens (including phenoxy) is 1. The summed E-state index contributed by atoms with van der Waals surface area (Å²) in [6.45, 7) is 0.704. The second kappa shape index (κ2) is 6.78. The van der Waals surface area contributed by atoms with Gasteiger partial charge in [0.25, 0.3) is 0 Å². The van der Waals surface area contributed by atoms with Gasteiger partial charge in [-0.25, -0.2) is 0 Å². The Balaban J connectivity index is 2.10. The predicted octanol–water partition coefficient (Wildman–Crippen LogP) is 4.39. The summed E-state index contributed by atoms with van der Waals surface area (Å²) in [5.41, 5.74) is 5.87. The molecule has 0 heterocycles. The van der Waals surface area contributed by atoms with Crippen molar-refractivity contribution in [1.82, 2.24) is 0 Å². The molecule has 1 aliphatic carbocycles. The number of benzene rings is 1. The lowest BCUT2D eigenvalue weighted by Gasteiger charge is -2.25. The third kappa shape index (κ3) is 3.62. The van der Waals surface area contributed by atoms with Crippen molar-refractivity contribution in [2.75, 3.05) is 6.54 Å². The highest BCUT2D eigenvalue weighted by atomic mass is 79.9. The van der Waals surface area contributed by atoms with Crippen LogP contribution in [-0.2, 0) is 0 Å². The van der Waals surface area contributed by atoms with E-state index in [9.17, 15) is 0 Å². The minimum absolute atomic E-state index is 0.231. The monoisotopic (exact) mass is 331 g/mol. The summed E-state index contributed by atoms with van der Waals surface area (Å²) in [6, 6.07) is 5.64. The summed E-state index contributed by atoms with van der Waals surface area (Å²) in [7, 11) is 0. The van der Waals surface area contributed by atoms with E-state index in [1.165, 1.54) is 25.7 Å². The molecular formula is C14H19BrClNO. The van der Waals surface area contributed by atoms with Gasteiger partial charge in [-0.1, -0.05) is 24.4 Å². The van der Waals surface area contributed by atoms with Crippen LogP contribution < -0.4 is 10.5 Å². The largest absolute Gasteiger partial charge is 0.489 e. The van der Waals surface area contributed by atoms with Gasteiger partial charge < -0.3 is 10.5 Å². The van der Waals surface area contributed by atoms with Crippen LogP contribution >= 0.6 is 27.5 Å². The van der Waals surface area contributed by atoms with E-state index in [1.807, 2.05) is 18.2 Å². The fraction of sp³-hybridized carbons (Fsp3) is 0.571. The van der Waals surface area contributed by atoms with Crippen molar-refractivity contribution < 1.29 is 4.74 Å². The lowest BCUT2D eigenvalue weighted by molar-refractivity contribution is 0.129. The second-order valence-electron chi connectivity index (χ2n) is 4.86. The Morgan fingerprint density at radius 2 is 2.06 bits per heavy atom. The van der Waals surface area contributed by atoms with E-state index in [0.29, 0.717) is 17.5 Å². The molecule has 0 radical (unpaired) electrons. The molecule has 2 unspecified atom stereocenters. The van der Waals surface area contributed by atoms with Gasteiger partial charge in [-0.3, -0.25) is 0 Å². The van der Waals surface area contributed by atoms with Crippen molar-refractivity contribution in [1.29, 1.82) is 0 Å². The highest BCUT2D eigenvalue weighted by Gasteiger charge is 2.24. The van der Waals surface area contributed by atoms with E-state index in [2.05, 4.69) is 15.9 Å². The van der Waals surface area contributed by atoms with Crippen molar-refractivity contribution in [3.8, 4) is 5.75 Å². The van der Waals surface area contributed by atoms with E-state index in [-0.39, 0.29) is 6.10 Å². The smallest absolute Gasteiger partial charge is 0.134 e. The van der Waals surface area contributed by atoms with Gasteiger partial charge in [0.2, 0.25) is 0 Å². The first-order chi connectivity index (χ1) is 8.70. The van der Waals surface area contributed by atoms with Gasteiger partial charge in [0, 0.05) is 10.9 Å². The van der Waals surface area contributed by atoms with Crippen molar-refractivity contribution >= 4 is 27.5 Å². The Morgan fingerprint density at radius 1 is 1.28 bits per heavy atom. The summed E-state index contributed by atoms with van der Waals surface area (Å²) in [6.07, 6.45) is 6.28. The van der Waals surface area contributed by atoms with Gasteiger partial charge in [0.05, 0.1) is 4.47 Å². The van der Waals surface area contributed by atoms with E-state index in [4.69, 9.17) is 22.1 Å². The first-order valence-electron chi connectivity index (χ1n) is 6.52. The van der Waals surface area contributed by atoms with Crippen molar-refractivity contribution in [3.63, 3.8) is 0 Å². The Kier molecular flexibility index (Phi) is 5.34. The molecule has 18 heavy (non-hydrogen) atoms. The van der Waals surface area contributed by atoms with Crippen LogP contribution in [0.3, 0.4) is 0 Å². The van der Waals surface area contributed by atoms with Crippen LogP contribution in [0, 0.1) is 5.92 Å². The van der Waals surface area contributed by atoms with Crippen LogP contribution in [0.1, 0.15) is 32.1 Å². The maximum atomic E-state index is 6.14. The third-order valence-corrected chi connectivity index (χ3v) is 4.42. The average Bonchev–Trinajstić information content (AvgIpc) is 2.57. The summed E-state index contributed by atoms with van der Waals surface area (Å²) < 4.78 is 7.05. The molecule has 1 fully saturated rings. The summed E-state index contributed by atoms with van der Waals surface area (Å²) in [4.78, 5) is 0. The van der Waals surface area contributed by atoms with Crippen LogP contribution in [0.5, 0.6) is 5.75 Å². The lowest BCUT2D eigenvalue weighted by atomic mass is 9.97. The topological polar surface area (TPSA) is 35.2 Å². The van der Waals surface area contributed by atoms with Gasteiger partial charge in [0.1, 0.15) is 11.9 Å². The quantitative estimate of drug-likeness (QED) is 0.833. The zero-order valence-electron chi connectivity index (χ0n) is 10.4. The molecule has 4 heteroatoms. The maximum Gasteiger partial charge on any atom is 0.134 e. The zero-order chi connectivity index (χ0) is 13.0. The number of rotatable bonds is 3. The number of nitrogens with two attached hydrogens (primary N) is 1. The molecule has 0 aromatic heterocycles. The molecule has 0 aliphatic heterocycles. The van der Waals surface area contributed by atoms with Gasteiger partial charge in [-0.15, -0.1) is 0 Å². The van der Waals surface area contributed by atoms with Gasteiger partial charge in [-0.2, -0.15) is 0 Å². The molecule has 0 spiro atoms. The Bertz CT molecular complexity index is 399. The predicted molar refractivity (Wildman–Crippen MR) is 79.2 cm³/mol. The van der Waals surface area contributed by atoms with Crippen LogP contribution in [0.2, 0.25) is 5.02 Å². The molecular weight excluding hydrogens is 314 g/mol. The third-order valence-electron chi connectivity index (χ3n) is 3.56. The highest BCUT2D eigenvalue weighted by Crippen LogP contribution is 2.32. The number of hydrogen-bond donors (Lipinski definition) is 1. The zero-order valence-corrected chi connectivity index (χ0v) is 12.7. The SMILES string of the molecule is NCC1CCCCCC1Oc1ccc(Cl)cc1Br. The van der Waals surface area contributed by atoms with Crippen LogP contribution in [0.4, 0.5) is 0 Å². The number of halogens is 2. The Morgan fingerprint density at radius 3 is 2.78 bits per heavy atom. The van der Waals surface area contributed by atoms with E-state index in [0.717, 1.165) is 16.6 Å². The minimum atomic E-state index is 0.231. The molecule has 0 saturated heterocycles. The normalized spacial score (nSPS) is 24.6. The molecule has 0 amide bonds. The molecule has 2 atom stereocenters.